The van der Waals surface area contributed by atoms with Gasteiger partial charge in [-0.1, -0.05) is 30.3 Å². The lowest BCUT2D eigenvalue weighted by Gasteiger charge is -2.26. The highest BCUT2D eigenvalue weighted by atomic mass is 16.6. The maximum atomic E-state index is 12.4. The monoisotopic (exact) mass is 314 g/mol. The molecule has 0 unspecified atom stereocenters. The Hall–Kier alpha value is -2.78. The lowest BCUT2D eigenvalue weighted by Crippen LogP contribution is -2.26. The fourth-order valence-corrected chi connectivity index (χ4v) is 2.42. The van der Waals surface area contributed by atoms with Gasteiger partial charge in [0.1, 0.15) is 24.0 Å². The van der Waals surface area contributed by atoms with Gasteiger partial charge in [-0.15, -0.1) is 0 Å². The molecule has 1 heterocycles. The van der Waals surface area contributed by atoms with Crippen LogP contribution in [0.25, 0.3) is 0 Å². The number of nitrogens with two attached hydrogens (primary N) is 1. The molecule has 120 valence electrons. The fourth-order valence-electron chi connectivity index (χ4n) is 2.42. The van der Waals surface area contributed by atoms with E-state index >= 15 is 0 Å². The van der Waals surface area contributed by atoms with E-state index in [9.17, 15) is 10.1 Å². The van der Waals surface area contributed by atoms with Crippen LogP contribution in [0.5, 0.6) is 0 Å². The predicted octanol–water partition coefficient (Wildman–Crippen LogP) is 1.96. The first-order valence-electron chi connectivity index (χ1n) is 7.09. The summed E-state index contributed by atoms with van der Waals surface area (Å²) in [6.07, 6.45) is 0. The molecule has 0 bridgehead atoms. The number of rotatable bonds is 5. The Morgan fingerprint density at radius 1 is 1.35 bits per heavy atom. The smallest absolute Gasteiger partial charge is 0.338 e. The van der Waals surface area contributed by atoms with Crippen LogP contribution in [0.4, 0.5) is 0 Å². The molecular weight excluding hydrogens is 296 g/mol. The molecule has 0 saturated carbocycles. The molecule has 0 radical (unpaired) electrons. The summed E-state index contributed by atoms with van der Waals surface area (Å²) in [7, 11) is 1.52. The summed E-state index contributed by atoms with van der Waals surface area (Å²) in [6, 6.07) is 11.2. The minimum absolute atomic E-state index is 0.00675. The summed E-state index contributed by atoms with van der Waals surface area (Å²) >= 11 is 0. The van der Waals surface area contributed by atoms with Crippen molar-refractivity contribution in [3.63, 3.8) is 0 Å². The molecule has 0 fully saturated rings. The van der Waals surface area contributed by atoms with Crippen molar-refractivity contribution in [1.82, 2.24) is 0 Å². The quantitative estimate of drug-likeness (QED) is 0.659. The molecule has 0 aliphatic carbocycles. The van der Waals surface area contributed by atoms with Crippen LogP contribution >= 0.6 is 0 Å². The molecule has 0 aromatic heterocycles. The van der Waals surface area contributed by atoms with E-state index in [1.165, 1.54) is 7.11 Å². The molecule has 0 saturated heterocycles. The number of hydrogen-bond donors (Lipinski definition) is 1. The zero-order valence-corrected chi connectivity index (χ0v) is 13.0. The lowest BCUT2D eigenvalue weighted by molar-refractivity contribution is -0.140. The number of nitriles is 1. The number of carbonyl (C=O) groups excluding carboxylic acids is 1. The third-order valence-corrected chi connectivity index (χ3v) is 3.48. The number of hydrogen-bond acceptors (Lipinski definition) is 6. The highest BCUT2D eigenvalue weighted by Crippen LogP contribution is 2.39. The van der Waals surface area contributed by atoms with Crippen molar-refractivity contribution in [2.45, 2.75) is 12.8 Å². The number of nitrogens with zero attached hydrogens (tertiary/aromatic N) is 1. The number of ether oxygens (including phenoxy) is 3. The number of methoxy groups -OCH3 is 1. The third kappa shape index (κ3) is 3.52. The van der Waals surface area contributed by atoms with Crippen molar-refractivity contribution in [1.29, 1.82) is 5.26 Å². The molecule has 6 nitrogen and oxygen atoms in total. The molecule has 1 aliphatic heterocycles. The molecule has 6 heteroatoms. The third-order valence-electron chi connectivity index (χ3n) is 3.48. The normalized spacial score (nSPS) is 17.5. The Morgan fingerprint density at radius 3 is 2.65 bits per heavy atom. The first-order valence-corrected chi connectivity index (χ1v) is 7.09. The summed E-state index contributed by atoms with van der Waals surface area (Å²) in [5.41, 5.74) is 7.06. The maximum Gasteiger partial charge on any atom is 0.338 e. The van der Waals surface area contributed by atoms with Crippen molar-refractivity contribution in [2.75, 3.05) is 20.3 Å². The standard InChI is InChI=1S/C17H18N2O4/c1-11-14(17(20)22-9-8-21-2)15(12-6-4-3-5-7-12)13(10-18)16(19)23-11/h3-7,15H,8-9,19H2,1-2H3/t15-/m0/s1. The van der Waals surface area contributed by atoms with E-state index in [1.54, 1.807) is 6.92 Å². The Bertz CT molecular complexity index is 686. The van der Waals surface area contributed by atoms with E-state index in [1.807, 2.05) is 36.4 Å². The number of carbonyl (C=O) groups is 1. The zero-order valence-electron chi connectivity index (χ0n) is 13.0. The molecule has 2 N–H and O–H groups in total. The lowest BCUT2D eigenvalue weighted by atomic mass is 9.83. The summed E-state index contributed by atoms with van der Waals surface area (Å²) in [5, 5.41) is 9.43. The second kappa shape index (κ2) is 7.47. The fraction of sp³-hybridized carbons (Fsp3) is 0.294. The van der Waals surface area contributed by atoms with E-state index < -0.39 is 11.9 Å². The van der Waals surface area contributed by atoms with Gasteiger partial charge in [0.15, 0.2) is 0 Å². The van der Waals surface area contributed by atoms with E-state index in [4.69, 9.17) is 19.9 Å². The molecule has 1 aliphatic rings. The summed E-state index contributed by atoms with van der Waals surface area (Å²) in [6.45, 7) is 2.04. The van der Waals surface area contributed by atoms with Gasteiger partial charge >= 0.3 is 5.97 Å². The van der Waals surface area contributed by atoms with Crippen LogP contribution < -0.4 is 5.73 Å². The van der Waals surface area contributed by atoms with Crippen LogP contribution in [0.1, 0.15) is 18.4 Å². The highest BCUT2D eigenvalue weighted by Gasteiger charge is 2.36. The zero-order chi connectivity index (χ0) is 16.8. The average molecular weight is 314 g/mol. The Kier molecular flexibility index (Phi) is 5.39. The SMILES string of the molecule is COCCOC(=O)C1=C(C)OC(N)=C(C#N)[C@@H]1c1ccccc1. The minimum atomic E-state index is -0.606. The second-order valence-electron chi connectivity index (χ2n) is 4.93. The summed E-state index contributed by atoms with van der Waals surface area (Å²) in [4.78, 5) is 12.4. The van der Waals surface area contributed by atoms with Gasteiger partial charge in [0.25, 0.3) is 0 Å². The van der Waals surface area contributed by atoms with Crippen molar-refractivity contribution >= 4 is 5.97 Å². The van der Waals surface area contributed by atoms with Gasteiger partial charge < -0.3 is 19.9 Å². The van der Waals surface area contributed by atoms with Crippen LogP contribution in [-0.2, 0) is 19.0 Å². The van der Waals surface area contributed by atoms with Gasteiger partial charge in [-0.05, 0) is 12.5 Å². The van der Waals surface area contributed by atoms with Gasteiger partial charge in [-0.25, -0.2) is 4.79 Å². The summed E-state index contributed by atoms with van der Waals surface area (Å²) < 4.78 is 15.4. The first-order chi connectivity index (χ1) is 11.1. The first kappa shape index (κ1) is 16.6. The molecule has 1 aromatic rings. The largest absolute Gasteiger partial charge is 0.460 e. The van der Waals surface area contributed by atoms with Crippen molar-refractivity contribution in [2.24, 2.45) is 5.73 Å². The van der Waals surface area contributed by atoms with E-state index in [2.05, 4.69) is 0 Å². The molecule has 2 rings (SSSR count). The van der Waals surface area contributed by atoms with E-state index in [-0.39, 0.29) is 30.2 Å². The molecule has 1 aromatic carbocycles. The summed E-state index contributed by atoms with van der Waals surface area (Å²) in [5.74, 6) is -0.816. The minimum Gasteiger partial charge on any atom is -0.460 e. The highest BCUT2D eigenvalue weighted by molar-refractivity contribution is 5.92. The topological polar surface area (TPSA) is 94.6 Å². The van der Waals surface area contributed by atoms with Crippen LogP contribution in [0, 0.1) is 11.3 Å². The van der Waals surface area contributed by atoms with Crippen LogP contribution in [0.15, 0.2) is 53.1 Å². The predicted molar refractivity (Wildman–Crippen MR) is 82.6 cm³/mol. The van der Waals surface area contributed by atoms with Crippen LogP contribution in [-0.4, -0.2) is 26.3 Å². The molecule has 23 heavy (non-hydrogen) atoms. The molecular formula is C17H18N2O4. The molecule has 0 amide bonds. The van der Waals surface area contributed by atoms with Gasteiger partial charge in [0.05, 0.1) is 18.1 Å². The maximum absolute atomic E-state index is 12.4. The van der Waals surface area contributed by atoms with Crippen molar-refractivity contribution < 1.29 is 19.0 Å². The Labute approximate surface area is 134 Å². The Balaban J connectivity index is 2.43. The van der Waals surface area contributed by atoms with Crippen molar-refractivity contribution in [3.05, 3.63) is 58.7 Å². The molecule has 1 atom stereocenters. The average Bonchev–Trinajstić information content (AvgIpc) is 2.55. The van der Waals surface area contributed by atoms with E-state index in [0.29, 0.717) is 5.76 Å². The van der Waals surface area contributed by atoms with Gasteiger partial charge in [0, 0.05) is 7.11 Å². The number of allylic oxidation sites excluding steroid dienone is 2. The number of benzene rings is 1. The molecule has 0 spiro atoms. The van der Waals surface area contributed by atoms with Gasteiger partial charge in [-0.3, -0.25) is 0 Å². The second-order valence-corrected chi connectivity index (χ2v) is 4.93. The van der Waals surface area contributed by atoms with E-state index in [0.717, 1.165) is 5.56 Å². The van der Waals surface area contributed by atoms with Crippen molar-refractivity contribution in [3.8, 4) is 6.07 Å². The van der Waals surface area contributed by atoms with Crippen LogP contribution in [0.3, 0.4) is 0 Å². The van der Waals surface area contributed by atoms with Gasteiger partial charge in [-0.2, -0.15) is 5.26 Å². The number of esters is 1. The van der Waals surface area contributed by atoms with Crippen LogP contribution in [0.2, 0.25) is 0 Å². The van der Waals surface area contributed by atoms with Gasteiger partial charge in [0.2, 0.25) is 5.88 Å². The Morgan fingerprint density at radius 2 is 2.04 bits per heavy atom.